The largest absolute Gasteiger partial charge is 0.508 e. The van der Waals surface area contributed by atoms with Gasteiger partial charge in [0.25, 0.3) is 5.91 Å². The van der Waals surface area contributed by atoms with Crippen LogP contribution in [-0.4, -0.2) is 29.3 Å². The van der Waals surface area contributed by atoms with Crippen LogP contribution in [0.2, 0.25) is 5.02 Å². The van der Waals surface area contributed by atoms with Crippen molar-refractivity contribution in [2.45, 2.75) is 32.2 Å². The number of anilines is 1. The van der Waals surface area contributed by atoms with E-state index in [4.69, 9.17) is 16.6 Å². The van der Waals surface area contributed by atoms with Crippen molar-refractivity contribution in [3.8, 4) is 5.75 Å². The zero-order chi connectivity index (χ0) is 21.8. The Bertz CT molecular complexity index is 1110. The van der Waals surface area contributed by atoms with E-state index in [-0.39, 0.29) is 11.7 Å². The molecule has 0 aliphatic carbocycles. The second-order valence-corrected chi connectivity index (χ2v) is 8.17. The monoisotopic (exact) mass is 432 g/mol. The van der Waals surface area contributed by atoms with Gasteiger partial charge in [0.15, 0.2) is 0 Å². The molecule has 1 atom stereocenters. The van der Waals surface area contributed by atoms with Crippen LogP contribution in [0.4, 0.5) is 5.69 Å². The van der Waals surface area contributed by atoms with Gasteiger partial charge in [-0.15, -0.1) is 0 Å². The summed E-state index contributed by atoms with van der Waals surface area (Å²) in [6, 6.07) is 22.0. The highest BCUT2D eigenvalue weighted by Gasteiger charge is 2.32. The van der Waals surface area contributed by atoms with E-state index in [0.29, 0.717) is 23.7 Å². The van der Waals surface area contributed by atoms with Gasteiger partial charge < -0.3 is 10.0 Å². The molecule has 3 aromatic rings. The molecule has 3 aromatic carbocycles. The first kappa shape index (κ1) is 21.1. The lowest BCUT2D eigenvalue weighted by atomic mass is 9.99. The summed E-state index contributed by atoms with van der Waals surface area (Å²) in [5.74, 6) is 0.129. The minimum absolute atomic E-state index is 0.0315. The molecule has 0 saturated carbocycles. The SMILES string of the molecule is CCCCN1C(=O)C(Cc2ccccc2)N=C(c2cccc(O)c2)c2ccc(Cl)cc21. The molecule has 0 fully saturated rings. The first-order valence-electron chi connectivity index (χ1n) is 10.6. The van der Waals surface area contributed by atoms with Crippen molar-refractivity contribution in [3.05, 3.63) is 94.5 Å². The number of hydrogen-bond acceptors (Lipinski definition) is 3. The number of phenolic OH excluding ortho intramolecular Hbond substituents is 1. The molecule has 1 N–H and O–H groups in total. The second-order valence-electron chi connectivity index (χ2n) is 7.74. The van der Waals surface area contributed by atoms with Gasteiger partial charge in [0, 0.05) is 29.1 Å². The number of aliphatic imine (C=N–C) groups is 1. The molecule has 0 radical (unpaired) electrons. The predicted octanol–water partition coefficient (Wildman–Crippen LogP) is 5.64. The minimum atomic E-state index is -0.567. The number of amides is 1. The molecule has 1 amide bonds. The molecule has 4 rings (SSSR count). The summed E-state index contributed by atoms with van der Waals surface area (Å²) >= 11 is 6.34. The minimum Gasteiger partial charge on any atom is -0.508 e. The molecular formula is C26H25ClN2O2. The van der Waals surface area contributed by atoms with Crippen molar-refractivity contribution in [2.24, 2.45) is 4.99 Å². The van der Waals surface area contributed by atoms with Crippen LogP contribution in [0.15, 0.2) is 77.8 Å². The van der Waals surface area contributed by atoms with Gasteiger partial charge in [-0.05, 0) is 42.3 Å². The highest BCUT2D eigenvalue weighted by Crippen LogP contribution is 2.32. The van der Waals surface area contributed by atoms with Crippen LogP contribution in [0, 0.1) is 0 Å². The van der Waals surface area contributed by atoms with Gasteiger partial charge in [0.1, 0.15) is 11.8 Å². The number of unbranched alkanes of at least 4 members (excludes halogenated alkanes) is 1. The van der Waals surface area contributed by atoms with Crippen LogP contribution < -0.4 is 4.90 Å². The lowest BCUT2D eigenvalue weighted by Crippen LogP contribution is -2.39. The van der Waals surface area contributed by atoms with Crippen LogP contribution in [0.5, 0.6) is 5.75 Å². The lowest BCUT2D eigenvalue weighted by Gasteiger charge is -2.25. The number of benzene rings is 3. The quantitative estimate of drug-likeness (QED) is 0.547. The second kappa shape index (κ2) is 9.36. The fourth-order valence-corrected chi connectivity index (χ4v) is 4.07. The number of carbonyl (C=O) groups is 1. The summed E-state index contributed by atoms with van der Waals surface area (Å²) in [6.45, 7) is 2.72. The molecule has 5 heteroatoms. The molecule has 1 unspecified atom stereocenters. The third-order valence-electron chi connectivity index (χ3n) is 5.47. The molecule has 0 saturated heterocycles. The van der Waals surface area contributed by atoms with Gasteiger partial charge in [-0.3, -0.25) is 9.79 Å². The molecule has 0 spiro atoms. The Hall–Kier alpha value is -3.11. The molecule has 31 heavy (non-hydrogen) atoms. The predicted molar refractivity (Wildman–Crippen MR) is 126 cm³/mol. The van der Waals surface area contributed by atoms with Crippen molar-refractivity contribution in [3.63, 3.8) is 0 Å². The molecule has 4 nitrogen and oxygen atoms in total. The Kier molecular flexibility index (Phi) is 6.38. The van der Waals surface area contributed by atoms with E-state index >= 15 is 0 Å². The zero-order valence-corrected chi connectivity index (χ0v) is 18.2. The van der Waals surface area contributed by atoms with Crippen molar-refractivity contribution >= 4 is 28.9 Å². The summed E-state index contributed by atoms with van der Waals surface area (Å²) in [5, 5.41) is 10.6. The van der Waals surface area contributed by atoms with E-state index in [0.717, 1.165) is 35.2 Å². The van der Waals surface area contributed by atoms with Crippen LogP contribution in [0.1, 0.15) is 36.5 Å². The van der Waals surface area contributed by atoms with Crippen LogP contribution in [-0.2, 0) is 11.2 Å². The van der Waals surface area contributed by atoms with E-state index < -0.39 is 6.04 Å². The van der Waals surface area contributed by atoms with Crippen molar-refractivity contribution in [1.29, 1.82) is 0 Å². The summed E-state index contributed by atoms with van der Waals surface area (Å²) in [4.78, 5) is 20.5. The van der Waals surface area contributed by atoms with Gasteiger partial charge in [0.2, 0.25) is 0 Å². The molecule has 0 aromatic heterocycles. The normalized spacial score (nSPS) is 15.9. The Morgan fingerprint density at radius 2 is 1.84 bits per heavy atom. The standard InChI is InChI=1S/C26H25ClN2O2/c1-2-3-14-29-24-17-20(27)12-13-22(24)25(19-10-7-11-21(30)16-19)28-23(26(29)31)15-18-8-5-4-6-9-18/h4-13,16-17,23,30H,2-3,14-15H2,1H3. The number of hydrogen-bond donors (Lipinski definition) is 1. The summed E-state index contributed by atoms with van der Waals surface area (Å²) in [7, 11) is 0. The average Bonchev–Trinajstić information content (AvgIpc) is 2.88. The Morgan fingerprint density at radius 1 is 1.03 bits per heavy atom. The van der Waals surface area contributed by atoms with E-state index in [1.807, 2.05) is 59.5 Å². The lowest BCUT2D eigenvalue weighted by molar-refractivity contribution is -0.119. The first-order chi connectivity index (χ1) is 15.1. The number of aromatic hydroxyl groups is 1. The number of fused-ring (bicyclic) bond motifs is 1. The molecule has 158 valence electrons. The van der Waals surface area contributed by atoms with Gasteiger partial charge in [-0.25, -0.2) is 0 Å². The highest BCUT2D eigenvalue weighted by atomic mass is 35.5. The maximum absolute atomic E-state index is 13.7. The average molecular weight is 433 g/mol. The number of rotatable bonds is 6. The van der Waals surface area contributed by atoms with Gasteiger partial charge in [-0.2, -0.15) is 0 Å². The smallest absolute Gasteiger partial charge is 0.252 e. The topological polar surface area (TPSA) is 52.9 Å². The van der Waals surface area contributed by atoms with Crippen molar-refractivity contribution in [2.75, 3.05) is 11.4 Å². The zero-order valence-electron chi connectivity index (χ0n) is 17.5. The molecular weight excluding hydrogens is 408 g/mol. The Labute approximate surface area is 187 Å². The van der Waals surface area contributed by atoms with Crippen molar-refractivity contribution in [1.82, 2.24) is 0 Å². The number of halogens is 1. The van der Waals surface area contributed by atoms with E-state index in [2.05, 4.69) is 6.92 Å². The summed E-state index contributed by atoms with van der Waals surface area (Å²) in [5.41, 5.74) is 4.13. The van der Waals surface area contributed by atoms with Crippen molar-refractivity contribution < 1.29 is 9.90 Å². The van der Waals surface area contributed by atoms with E-state index in [1.165, 1.54) is 0 Å². The molecule has 0 bridgehead atoms. The third kappa shape index (κ3) is 4.64. The maximum Gasteiger partial charge on any atom is 0.252 e. The number of carbonyl (C=O) groups excluding carboxylic acids is 1. The molecule has 1 heterocycles. The molecule has 1 aliphatic heterocycles. The fourth-order valence-electron chi connectivity index (χ4n) is 3.91. The number of nitrogens with zero attached hydrogens (tertiary/aromatic N) is 2. The summed E-state index contributed by atoms with van der Waals surface area (Å²) in [6.07, 6.45) is 2.37. The Balaban J connectivity index is 1.88. The van der Waals surface area contributed by atoms with Gasteiger partial charge >= 0.3 is 0 Å². The maximum atomic E-state index is 13.7. The van der Waals surface area contributed by atoms with E-state index in [9.17, 15) is 9.90 Å². The third-order valence-corrected chi connectivity index (χ3v) is 5.70. The molecule has 1 aliphatic rings. The van der Waals surface area contributed by atoms with Crippen LogP contribution >= 0.6 is 11.6 Å². The first-order valence-corrected chi connectivity index (χ1v) is 11.0. The van der Waals surface area contributed by atoms with Gasteiger partial charge in [-0.1, -0.05) is 67.4 Å². The van der Waals surface area contributed by atoms with Crippen LogP contribution in [0.3, 0.4) is 0 Å². The van der Waals surface area contributed by atoms with Gasteiger partial charge in [0.05, 0.1) is 11.4 Å². The summed E-state index contributed by atoms with van der Waals surface area (Å²) < 4.78 is 0. The van der Waals surface area contributed by atoms with Crippen LogP contribution in [0.25, 0.3) is 0 Å². The fraction of sp³-hybridized carbons (Fsp3) is 0.231. The number of benzodiazepines with no additional fused rings is 1. The highest BCUT2D eigenvalue weighted by molar-refractivity contribution is 6.31. The van der Waals surface area contributed by atoms with E-state index in [1.54, 1.807) is 18.2 Å². The number of phenols is 1. The Morgan fingerprint density at radius 3 is 2.58 bits per heavy atom.